The van der Waals surface area contributed by atoms with Gasteiger partial charge in [-0.15, -0.1) is 11.3 Å². The predicted octanol–water partition coefficient (Wildman–Crippen LogP) is 0.875. The number of rotatable bonds is 5. The smallest absolute Gasteiger partial charge is 0.242 e. The summed E-state index contributed by atoms with van der Waals surface area (Å²) in [7, 11) is 0. The van der Waals surface area contributed by atoms with Gasteiger partial charge in [-0.1, -0.05) is 0 Å². The first-order chi connectivity index (χ1) is 9.11. The minimum atomic E-state index is -0.371. The minimum absolute atomic E-state index is 0.0934. The molecular formula is C12H17N5OS. The molecule has 4 N–H and O–H groups in total. The Balaban J connectivity index is 2.14. The molecule has 2 aromatic rings. The Kier molecular flexibility index (Phi) is 4.28. The van der Waals surface area contributed by atoms with Crippen LogP contribution in [-0.2, 0) is 4.79 Å². The van der Waals surface area contributed by atoms with Crippen molar-refractivity contribution in [3.8, 4) is 0 Å². The zero-order chi connectivity index (χ0) is 13.8. The number of thiophene rings is 1. The Labute approximate surface area is 115 Å². The van der Waals surface area contributed by atoms with Crippen LogP contribution in [0.5, 0.6) is 0 Å². The number of fused-ring (bicyclic) bond motifs is 1. The van der Waals surface area contributed by atoms with Crippen molar-refractivity contribution in [3.05, 3.63) is 17.3 Å². The van der Waals surface area contributed by atoms with E-state index in [-0.39, 0.29) is 11.9 Å². The molecule has 0 aliphatic heterocycles. The van der Waals surface area contributed by atoms with Crippen molar-refractivity contribution in [2.75, 3.05) is 18.4 Å². The number of carbonyl (C=O) groups is 1. The average Bonchev–Trinajstić information content (AvgIpc) is 2.77. The van der Waals surface area contributed by atoms with E-state index < -0.39 is 0 Å². The number of nitrogens with one attached hydrogen (secondary N) is 2. The standard InChI is InChI=1S/C12H17N5OS/c1-7-5-9-10(15-6-16-12(9)19-7)17-8(2)11(18)14-4-3-13/h5-6,8H,3-4,13H2,1-2H3,(H,14,18)(H,15,16,17). The fourth-order valence-corrected chi connectivity index (χ4v) is 2.56. The normalized spacial score (nSPS) is 12.4. The molecule has 1 unspecified atom stereocenters. The second-order valence-corrected chi connectivity index (χ2v) is 5.48. The SMILES string of the molecule is Cc1cc2c(NC(C)C(=O)NCCN)ncnc2s1. The van der Waals surface area contributed by atoms with Gasteiger partial charge in [0.25, 0.3) is 0 Å². The highest BCUT2D eigenvalue weighted by molar-refractivity contribution is 7.18. The molecular weight excluding hydrogens is 262 g/mol. The molecule has 6 nitrogen and oxygen atoms in total. The van der Waals surface area contributed by atoms with Crippen LogP contribution in [0, 0.1) is 6.92 Å². The van der Waals surface area contributed by atoms with Gasteiger partial charge < -0.3 is 16.4 Å². The molecule has 0 bridgehead atoms. The highest BCUT2D eigenvalue weighted by Crippen LogP contribution is 2.27. The second-order valence-electron chi connectivity index (χ2n) is 4.24. The Morgan fingerprint density at radius 2 is 2.32 bits per heavy atom. The molecule has 1 amide bonds. The van der Waals surface area contributed by atoms with Gasteiger partial charge in [-0.3, -0.25) is 4.79 Å². The summed E-state index contributed by atoms with van der Waals surface area (Å²) in [6, 6.07) is 1.65. The van der Waals surface area contributed by atoms with Crippen LogP contribution >= 0.6 is 11.3 Å². The van der Waals surface area contributed by atoms with Crippen LogP contribution in [0.4, 0.5) is 5.82 Å². The molecule has 1 atom stereocenters. The van der Waals surface area contributed by atoms with Gasteiger partial charge in [0, 0.05) is 18.0 Å². The van der Waals surface area contributed by atoms with Crippen molar-refractivity contribution >= 4 is 33.3 Å². The maximum absolute atomic E-state index is 11.8. The number of carbonyl (C=O) groups excluding carboxylic acids is 1. The Morgan fingerprint density at radius 1 is 1.53 bits per heavy atom. The number of aryl methyl sites for hydroxylation is 1. The molecule has 2 aromatic heterocycles. The third-order valence-electron chi connectivity index (χ3n) is 2.64. The van der Waals surface area contributed by atoms with Gasteiger partial charge in [0.1, 0.15) is 23.0 Å². The van der Waals surface area contributed by atoms with Gasteiger partial charge in [-0.25, -0.2) is 9.97 Å². The van der Waals surface area contributed by atoms with Gasteiger partial charge in [0.05, 0.1) is 5.39 Å². The van der Waals surface area contributed by atoms with Gasteiger partial charge in [0.15, 0.2) is 0 Å². The van der Waals surface area contributed by atoms with Crippen LogP contribution in [0.2, 0.25) is 0 Å². The van der Waals surface area contributed by atoms with Crippen molar-refractivity contribution < 1.29 is 4.79 Å². The molecule has 0 fully saturated rings. The first-order valence-electron chi connectivity index (χ1n) is 6.07. The van der Waals surface area contributed by atoms with Crippen LogP contribution < -0.4 is 16.4 Å². The third-order valence-corrected chi connectivity index (χ3v) is 3.60. The summed E-state index contributed by atoms with van der Waals surface area (Å²) in [4.78, 5) is 22.3. The predicted molar refractivity (Wildman–Crippen MR) is 77.3 cm³/mol. The molecule has 7 heteroatoms. The minimum Gasteiger partial charge on any atom is -0.358 e. The number of nitrogens with two attached hydrogens (primary N) is 1. The molecule has 0 aromatic carbocycles. The van der Waals surface area contributed by atoms with E-state index in [4.69, 9.17) is 5.73 Å². The van der Waals surface area contributed by atoms with Crippen LogP contribution in [0.15, 0.2) is 12.4 Å². The lowest BCUT2D eigenvalue weighted by molar-refractivity contribution is -0.121. The van der Waals surface area contributed by atoms with E-state index in [1.807, 2.05) is 13.0 Å². The van der Waals surface area contributed by atoms with E-state index in [2.05, 4.69) is 20.6 Å². The van der Waals surface area contributed by atoms with Crippen LogP contribution in [0.1, 0.15) is 11.8 Å². The summed E-state index contributed by atoms with van der Waals surface area (Å²) in [5.41, 5.74) is 5.35. The summed E-state index contributed by atoms with van der Waals surface area (Å²) in [5.74, 6) is 0.592. The van der Waals surface area contributed by atoms with Gasteiger partial charge in [-0.2, -0.15) is 0 Å². The highest BCUT2D eigenvalue weighted by Gasteiger charge is 2.14. The first-order valence-corrected chi connectivity index (χ1v) is 6.89. The maximum Gasteiger partial charge on any atom is 0.242 e. The highest BCUT2D eigenvalue weighted by atomic mass is 32.1. The number of hydrogen-bond donors (Lipinski definition) is 3. The molecule has 0 radical (unpaired) electrons. The van der Waals surface area contributed by atoms with E-state index in [1.165, 1.54) is 11.2 Å². The molecule has 2 heterocycles. The molecule has 2 rings (SSSR count). The van der Waals surface area contributed by atoms with Crippen molar-refractivity contribution in [1.82, 2.24) is 15.3 Å². The lowest BCUT2D eigenvalue weighted by atomic mass is 10.3. The quantitative estimate of drug-likeness (QED) is 0.755. The largest absolute Gasteiger partial charge is 0.358 e. The lowest BCUT2D eigenvalue weighted by Gasteiger charge is -2.14. The summed E-state index contributed by atoms with van der Waals surface area (Å²) in [5, 5.41) is 6.80. The molecule has 0 spiro atoms. The van der Waals surface area contributed by atoms with E-state index in [9.17, 15) is 4.79 Å². The van der Waals surface area contributed by atoms with E-state index in [0.29, 0.717) is 18.9 Å². The lowest BCUT2D eigenvalue weighted by Crippen LogP contribution is -2.39. The van der Waals surface area contributed by atoms with E-state index >= 15 is 0 Å². The molecule has 0 saturated carbocycles. The zero-order valence-corrected chi connectivity index (χ0v) is 11.8. The van der Waals surface area contributed by atoms with Gasteiger partial charge in [0.2, 0.25) is 5.91 Å². The van der Waals surface area contributed by atoms with Gasteiger partial charge in [-0.05, 0) is 19.9 Å². The van der Waals surface area contributed by atoms with Crippen LogP contribution in [-0.4, -0.2) is 35.0 Å². The third kappa shape index (κ3) is 3.18. The maximum atomic E-state index is 11.8. The fourth-order valence-electron chi connectivity index (χ4n) is 1.71. The first kappa shape index (κ1) is 13.7. The number of aromatic nitrogens is 2. The van der Waals surface area contributed by atoms with Crippen molar-refractivity contribution in [2.45, 2.75) is 19.9 Å². The topological polar surface area (TPSA) is 92.9 Å². The van der Waals surface area contributed by atoms with Crippen molar-refractivity contribution in [2.24, 2.45) is 5.73 Å². The molecule has 19 heavy (non-hydrogen) atoms. The average molecular weight is 279 g/mol. The van der Waals surface area contributed by atoms with Crippen molar-refractivity contribution in [1.29, 1.82) is 0 Å². The van der Waals surface area contributed by atoms with E-state index in [1.54, 1.807) is 18.3 Å². The molecule has 0 saturated heterocycles. The van der Waals surface area contributed by atoms with E-state index in [0.717, 1.165) is 10.2 Å². The molecule has 0 aliphatic carbocycles. The van der Waals surface area contributed by atoms with Crippen LogP contribution in [0.25, 0.3) is 10.2 Å². The summed E-state index contributed by atoms with van der Waals surface area (Å²) in [6.07, 6.45) is 1.51. The monoisotopic (exact) mass is 279 g/mol. The van der Waals surface area contributed by atoms with Crippen molar-refractivity contribution in [3.63, 3.8) is 0 Å². The number of hydrogen-bond acceptors (Lipinski definition) is 6. The summed E-state index contributed by atoms with van der Waals surface area (Å²) in [6.45, 7) is 4.72. The number of anilines is 1. The Hall–Kier alpha value is -1.73. The molecule has 0 aliphatic rings. The number of nitrogens with zero attached hydrogens (tertiary/aromatic N) is 2. The molecule has 102 valence electrons. The summed E-state index contributed by atoms with van der Waals surface area (Å²) < 4.78 is 0. The summed E-state index contributed by atoms with van der Waals surface area (Å²) >= 11 is 1.61. The Morgan fingerprint density at radius 3 is 3.05 bits per heavy atom. The Bertz CT molecular complexity index is 583. The number of amides is 1. The van der Waals surface area contributed by atoms with Gasteiger partial charge >= 0.3 is 0 Å². The fraction of sp³-hybridized carbons (Fsp3) is 0.417. The second kappa shape index (κ2) is 5.94. The van der Waals surface area contributed by atoms with Crippen LogP contribution in [0.3, 0.4) is 0 Å². The zero-order valence-electron chi connectivity index (χ0n) is 10.9.